The number of hydrogen-bond donors (Lipinski definition) is 2. The average Bonchev–Trinajstić information content (AvgIpc) is 2.50. The summed E-state index contributed by atoms with van der Waals surface area (Å²) in [6, 6.07) is 1.59. The van der Waals surface area contributed by atoms with Gasteiger partial charge in [0.15, 0.2) is 0 Å². The first-order valence-corrected chi connectivity index (χ1v) is 8.28. The van der Waals surface area contributed by atoms with Crippen LogP contribution in [0.4, 0.5) is 13.2 Å². The number of carboxylic acid groups (broad SMARTS) is 1. The molecule has 0 aromatic heterocycles. The van der Waals surface area contributed by atoms with Gasteiger partial charge in [0.25, 0.3) is 0 Å². The van der Waals surface area contributed by atoms with Crippen molar-refractivity contribution in [3.05, 3.63) is 29.3 Å². The fourth-order valence-electron chi connectivity index (χ4n) is 1.91. The number of alkyl halides is 3. The SMILES string of the molecule is CC[C@H](C)[C@H](NS(=O)(=O)c1ccc(C(F)(F)F)c(C#N)c1)C(=O)O. The van der Waals surface area contributed by atoms with E-state index in [1.165, 1.54) is 13.0 Å². The Balaban J connectivity index is 3.29. The van der Waals surface area contributed by atoms with Crippen molar-refractivity contribution >= 4 is 16.0 Å². The topological polar surface area (TPSA) is 107 Å². The number of sulfonamides is 1. The second-order valence-corrected chi connectivity index (χ2v) is 6.85. The third-order valence-electron chi connectivity index (χ3n) is 3.49. The Labute approximate surface area is 137 Å². The van der Waals surface area contributed by atoms with Crippen molar-refractivity contribution in [1.82, 2.24) is 4.72 Å². The van der Waals surface area contributed by atoms with Crippen LogP contribution in [-0.4, -0.2) is 25.5 Å². The van der Waals surface area contributed by atoms with Crippen molar-refractivity contribution in [2.75, 3.05) is 0 Å². The summed E-state index contributed by atoms with van der Waals surface area (Å²) in [6.45, 7) is 3.19. The number of nitrogens with zero attached hydrogens (tertiary/aromatic N) is 1. The number of carbonyl (C=O) groups is 1. The summed E-state index contributed by atoms with van der Waals surface area (Å²) >= 11 is 0. The smallest absolute Gasteiger partial charge is 0.417 e. The highest BCUT2D eigenvalue weighted by Gasteiger charge is 2.35. The molecular weight excluding hydrogens is 349 g/mol. The minimum atomic E-state index is -4.80. The van der Waals surface area contributed by atoms with Gasteiger partial charge in [-0.25, -0.2) is 8.42 Å². The minimum Gasteiger partial charge on any atom is -0.480 e. The molecule has 2 N–H and O–H groups in total. The Kier molecular flexibility index (Phi) is 5.97. The van der Waals surface area contributed by atoms with Gasteiger partial charge in [-0.05, 0) is 24.1 Å². The monoisotopic (exact) mass is 364 g/mol. The van der Waals surface area contributed by atoms with E-state index in [1.54, 1.807) is 6.92 Å². The first-order valence-electron chi connectivity index (χ1n) is 6.80. The standard InChI is InChI=1S/C14H15F3N2O4S/c1-3-8(2)12(13(20)21)19-24(22,23)10-4-5-11(14(15,16)17)9(6-10)7-18/h4-6,8,12,19H,3H2,1-2H3,(H,20,21)/t8-,12-/m0/s1. The summed E-state index contributed by atoms with van der Waals surface area (Å²) in [6.07, 6.45) is -4.43. The summed E-state index contributed by atoms with van der Waals surface area (Å²) in [5, 5.41) is 17.9. The fourth-order valence-corrected chi connectivity index (χ4v) is 3.23. The lowest BCUT2D eigenvalue weighted by atomic mass is 10.0. The largest absolute Gasteiger partial charge is 0.480 e. The lowest BCUT2D eigenvalue weighted by molar-refractivity contribution is -0.140. The quantitative estimate of drug-likeness (QED) is 0.806. The number of hydrogen-bond acceptors (Lipinski definition) is 4. The van der Waals surface area contributed by atoms with E-state index in [9.17, 15) is 26.4 Å². The molecule has 0 heterocycles. The van der Waals surface area contributed by atoms with E-state index >= 15 is 0 Å². The van der Waals surface area contributed by atoms with Gasteiger partial charge in [0.05, 0.1) is 22.1 Å². The highest BCUT2D eigenvalue weighted by atomic mass is 32.2. The second-order valence-electron chi connectivity index (χ2n) is 5.14. The number of nitriles is 1. The predicted octanol–water partition coefficient (Wildman–Crippen LogP) is 2.35. The third-order valence-corrected chi connectivity index (χ3v) is 4.93. The van der Waals surface area contributed by atoms with Crippen LogP contribution in [-0.2, 0) is 21.0 Å². The predicted molar refractivity (Wildman–Crippen MR) is 77.4 cm³/mol. The fraction of sp³-hybridized carbons (Fsp3) is 0.429. The van der Waals surface area contributed by atoms with Gasteiger partial charge in [-0.1, -0.05) is 20.3 Å². The van der Waals surface area contributed by atoms with Crippen molar-refractivity contribution in [2.24, 2.45) is 5.92 Å². The van der Waals surface area contributed by atoms with Crippen molar-refractivity contribution in [2.45, 2.75) is 37.4 Å². The van der Waals surface area contributed by atoms with Gasteiger partial charge >= 0.3 is 12.1 Å². The van der Waals surface area contributed by atoms with Gasteiger partial charge in [0.2, 0.25) is 10.0 Å². The first kappa shape index (κ1) is 19.9. The summed E-state index contributed by atoms with van der Waals surface area (Å²) < 4.78 is 64.6. The Morgan fingerprint density at radius 2 is 2.00 bits per heavy atom. The van der Waals surface area contributed by atoms with E-state index in [0.29, 0.717) is 24.6 Å². The Hall–Kier alpha value is -2.12. The van der Waals surface area contributed by atoms with E-state index in [1.807, 2.05) is 4.72 Å². The van der Waals surface area contributed by atoms with Crippen LogP contribution in [0.2, 0.25) is 0 Å². The molecule has 6 nitrogen and oxygen atoms in total. The third kappa shape index (κ3) is 4.46. The molecule has 132 valence electrons. The van der Waals surface area contributed by atoms with E-state index in [0.717, 1.165) is 0 Å². The van der Waals surface area contributed by atoms with Crippen LogP contribution < -0.4 is 4.72 Å². The zero-order valence-electron chi connectivity index (χ0n) is 12.8. The van der Waals surface area contributed by atoms with Gasteiger partial charge < -0.3 is 5.11 Å². The molecule has 1 rings (SSSR count). The van der Waals surface area contributed by atoms with E-state index in [2.05, 4.69) is 0 Å². The number of aliphatic carboxylic acids is 1. The Morgan fingerprint density at radius 3 is 2.42 bits per heavy atom. The van der Waals surface area contributed by atoms with Crippen LogP contribution in [0.3, 0.4) is 0 Å². The summed E-state index contributed by atoms with van der Waals surface area (Å²) in [5.41, 5.74) is -2.12. The molecule has 1 aromatic carbocycles. The molecule has 0 aliphatic carbocycles. The van der Waals surface area contributed by atoms with E-state index < -0.39 is 50.2 Å². The highest BCUT2D eigenvalue weighted by molar-refractivity contribution is 7.89. The van der Waals surface area contributed by atoms with E-state index in [-0.39, 0.29) is 0 Å². The molecule has 0 aliphatic heterocycles. The van der Waals surface area contributed by atoms with Crippen LogP contribution in [0, 0.1) is 17.2 Å². The van der Waals surface area contributed by atoms with Crippen LogP contribution in [0.15, 0.2) is 23.1 Å². The molecule has 2 atom stereocenters. The summed E-state index contributed by atoms with van der Waals surface area (Å²) in [4.78, 5) is 10.6. The molecule has 0 spiro atoms. The van der Waals surface area contributed by atoms with E-state index in [4.69, 9.17) is 10.4 Å². The van der Waals surface area contributed by atoms with Crippen molar-refractivity contribution in [3.63, 3.8) is 0 Å². The lowest BCUT2D eigenvalue weighted by Crippen LogP contribution is -2.44. The molecule has 1 aromatic rings. The molecule has 0 fully saturated rings. The molecule has 10 heteroatoms. The number of halogens is 3. The number of nitrogens with one attached hydrogen (secondary N) is 1. The van der Waals surface area contributed by atoms with Crippen molar-refractivity contribution in [1.29, 1.82) is 5.26 Å². The molecule has 0 radical (unpaired) electrons. The normalized spacial score (nSPS) is 14.7. The zero-order valence-corrected chi connectivity index (χ0v) is 13.6. The van der Waals surface area contributed by atoms with Crippen LogP contribution >= 0.6 is 0 Å². The summed E-state index contributed by atoms with van der Waals surface area (Å²) in [7, 11) is -4.40. The second kappa shape index (κ2) is 7.19. The maximum atomic E-state index is 12.7. The van der Waals surface area contributed by atoms with Gasteiger partial charge in [-0.3, -0.25) is 4.79 Å². The van der Waals surface area contributed by atoms with Gasteiger partial charge in [-0.15, -0.1) is 0 Å². The van der Waals surface area contributed by atoms with Crippen LogP contribution in [0.5, 0.6) is 0 Å². The van der Waals surface area contributed by atoms with Crippen molar-refractivity contribution in [3.8, 4) is 6.07 Å². The van der Waals surface area contributed by atoms with Gasteiger partial charge in [-0.2, -0.15) is 23.2 Å². The molecule has 0 amide bonds. The Bertz CT molecular complexity index is 769. The maximum absolute atomic E-state index is 12.7. The molecule has 0 unspecified atom stereocenters. The maximum Gasteiger partial charge on any atom is 0.417 e. The van der Waals surface area contributed by atoms with Crippen LogP contribution in [0.1, 0.15) is 31.4 Å². The number of rotatable bonds is 6. The minimum absolute atomic E-state index is 0.371. The van der Waals surface area contributed by atoms with Gasteiger partial charge in [0, 0.05) is 0 Å². The number of carboxylic acids is 1. The molecular formula is C14H15F3N2O4S. The molecule has 0 saturated heterocycles. The average molecular weight is 364 g/mol. The molecule has 24 heavy (non-hydrogen) atoms. The van der Waals surface area contributed by atoms with Crippen molar-refractivity contribution < 1.29 is 31.5 Å². The molecule has 0 aliphatic rings. The number of benzene rings is 1. The highest BCUT2D eigenvalue weighted by Crippen LogP contribution is 2.32. The Morgan fingerprint density at radius 1 is 1.42 bits per heavy atom. The summed E-state index contributed by atoms with van der Waals surface area (Å²) in [5.74, 6) is -1.94. The molecule has 0 saturated carbocycles. The molecule has 0 bridgehead atoms. The zero-order chi connectivity index (χ0) is 18.7. The van der Waals surface area contributed by atoms with Crippen LogP contribution in [0.25, 0.3) is 0 Å². The lowest BCUT2D eigenvalue weighted by Gasteiger charge is -2.20. The van der Waals surface area contributed by atoms with Gasteiger partial charge in [0.1, 0.15) is 6.04 Å². The first-order chi connectivity index (χ1) is 10.9.